The molecule has 124 valence electrons. The third kappa shape index (κ3) is 3.18. The summed E-state index contributed by atoms with van der Waals surface area (Å²) in [4.78, 5) is 21.5. The molecule has 0 bridgehead atoms. The largest absolute Gasteiger partial charge is 0.868 e. The lowest BCUT2D eigenvalue weighted by molar-refractivity contribution is -0.398. The van der Waals surface area contributed by atoms with Crippen LogP contribution in [-0.2, 0) is 0 Å². The van der Waals surface area contributed by atoms with E-state index in [0.29, 0.717) is 16.7 Å². The third-order valence-electron chi connectivity index (χ3n) is 3.84. The number of hydrogen-bond donors (Lipinski definition) is 1. The maximum Gasteiger partial charge on any atom is 0.336 e. The molecule has 3 rings (SSSR count). The summed E-state index contributed by atoms with van der Waals surface area (Å²) in [5, 5.41) is 31.7. The monoisotopic (exact) mass is 334 g/mol. The van der Waals surface area contributed by atoms with Crippen LogP contribution in [0.15, 0.2) is 66.7 Å². The molecule has 0 fully saturated rings. The van der Waals surface area contributed by atoms with Gasteiger partial charge in [0.1, 0.15) is 0 Å². The molecular weight excluding hydrogens is 322 g/mol. The lowest BCUT2D eigenvalue weighted by Crippen LogP contribution is -1.99. The molecular formula is C19H12NO5-. The van der Waals surface area contributed by atoms with Crippen LogP contribution in [0.2, 0.25) is 0 Å². The van der Waals surface area contributed by atoms with Crippen molar-refractivity contribution in [2.24, 2.45) is 0 Å². The van der Waals surface area contributed by atoms with Gasteiger partial charge in [-0.1, -0.05) is 54.6 Å². The minimum absolute atomic E-state index is 0.196. The first kappa shape index (κ1) is 16.2. The van der Waals surface area contributed by atoms with E-state index in [0.717, 1.165) is 5.56 Å². The maximum absolute atomic E-state index is 11.5. The first-order valence-corrected chi connectivity index (χ1v) is 7.36. The number of hydrogen-bond acceptors (Lipinski definition) is 4. The molecule has 3 aromatic carbocycles. The van der Waals surface area contributed by atoms with Crippen molar-refractivity contribution < 1.29 is 19.9 Å². The van der Waals surface area contributed by atoms with E-state index in [2.05, 4.69) is 0 Å². The highest BCUT2D eigenvalue weighted by atomic mass is 16.6. The Balaban J connectivity index is 2.00. The summed E-state index contributed by atoms with van der Waals surface area (Å²) in [6.45, 7) is 0. The van der Waals surface area contributed by atoms with Crippen LogP contribution in [0, 0.1) is 10.1 Å². The zero-order valence-corrected chi connectivity index (χ0v) is 12.9. The molecule has 3 aromatic rings. The fraction of sp³-hybridized carbons (Fsp3) is 0. The number of carboxylic acids is 1. The second kappa shape index (κ2) is 6.45. The number of rotatable bonds is 4. The van der Waals surface area contributed by atoms with Gasteiger partial charge in [0.05, 0.1) is 10.5 Å². The number of nitro benzene ring substituents is 1. The summed E-state index contributed by atoms with van der Waals surface area (Å²) in [7, 11) is 0. The van der Waals surface area contributed by atoms with Crippen LogP contribution < -0.4 is 5.11 Å². The van der Waals surface area contributed by atoms with Gasteiger partial charge in [-0.2, -0.15) is 0 Å². The van der Waals surface area contributed by atoms with Gasteiger partial charge in [-0.25, -0.2) is 4.79 Å². The number of benzene rings is 3. The van der Waals surface area contributed by atoms with Crippen LogP contribution in [-0.4, -0.2) is 16.0 Å². The number of aromatic carboxylic acids is 1. The standard InChI is InChI=1S/C19H13NO5/c21-18-10-9-14(11-17(18)20(24)25)12-5-7-13(8-6-12)15-3-1-2-4-16(15)19(22)23/h1-11,21H,(H,22,23)/p-1. The van der Waals surface area contributed by atoms with Gasteiger partial charge in [-0.05, 0) is 34.1 Å². The highest BCUT2D eigenvalue weighted by Gasteiger charge is 2.12. The van der Waals surface area contributed by atoms with Crippen molar-refractivity contribution >= 4 is 11.7 Å². The second-order valence-electron chi connectivity index (χ2n) is 5.37. The molecule has 0 amide bonds. The lowest BCUT2D eigenvalue weighted by atomic mass is 9.97. The topological polar surface area (TPSA) is 104 Å². The van der Waals surface area contributed by atoms with Crippen molar-refractivity contribution in [1.29, 1.82) is 0 Å². The van der Waals surface area contributed by atoms with Gasteiger partial charge >= 0.3 is 5.97 Å². The van der Waals surface area contributed by atoms with Crippen LogP contribution in [0.25, 0.3) is 22.3 Å². The molecule has 1 N–H and O–H groups in total. The molecule has 0 heterocycles. The average Bonchev–Trinajstić information content (AvgIpc) is 2.62. The first-order chi connectivity index (χ1) is 12.0. The predicted molar refractivity (Wildman–Crippen MR) is 90.4 cm³/mol. The van der Waals surface area contributed by atoms with E-state index in [4.69, 9.17) is 0 Å². The maximum atomic E-state index is 11.5. The predicted octanol–water partition coefficient (Wildman–Crippen LogP) is 3.70. The van der Waals surface area contributed by atoms with E-state index in [1.807, 2.05) is 0 Å². The molecule has 0 aliphatic rings. The molecule has 0 atom stereocenters. The summed E-state index contributed by atoms with van der Waals surface area (Å²) in [6, 6.07) is 17.5. The van der Waals surface area contributed by atoms with Crippen molar-refractivity contribution in [1.82, 2.24) is 0 Å². The van der Waals surface area contributed by atoms with Gasteiger partial charge < -0.3 is 10.2 Å². The average molecular weight is 334 g/mol. The summed E-state index contributed by atoms with van der Waals surface area (Å²) < 4.78 is 0. The van der Waals surface area contributed by atoms with Crippen molar-refractivity contribution in [3.8, 4) is 28.0 Å². The van der Waals surface area contributed by atoms with Crippen LogP contribution in [0.3, 0.4) is 0 Å². The van der Waals surface area contributed by atoms with E-state index in [1.54, 1.807) is 42.5 Å². The van der Waals surface area contributed by atoms with E-state index < -0.39 is 22.3 Å². The van der Waals surface area contributed by atoms with Gasteiger partial charge in [-0.15, -0.1) is 0 Å². The SMILES string of the molecule is O=C(O)c1ccccc1-c1ccc(-c2ccc([O-])c([N+](=O)[O-])c2)cc1. The van der Waals surface area contributed by atoms with Crippen molar-refractivity contribution in [3.63, 3.8) is 0 Å². The molecule has 0 unspecified atom stereocenters. The Morgan fingerprint density at radius 3 is 2.12 bits per heavy atom. The zero-order valence-electron chi connectivity index (χ0n) is 12.9. The summed E-state index contributed by atoms with van der Waals surface area (Å²) in [6.07, 6.45) is 0. The number of nitrogens with zero attached hydrogens (tertiary/aromatic N) is 1. The molecule has 0 aliphatic carbocycles. The van der Waals surface area contributed by atoms with Gasteiger partial charge in [0.25, 0.3) is 5.69 Å². The van der Waals surface area contributed by atoms with Crippen molar-refractivity contribution in [3.05, 3.63) is 82.4 Å². The third-order valence-corrected chi connectivity index (χ3v) is 3.84. The fourth-order valence-electron chi connectivity index (χ4n) is 2.60. The summed E-state index contributed by atoms with van der Waals surface area (Å²) >= 11 is 0. The Labute approximate surface area is 142 Å². The molecule has 6 nitrogen and oxygen atoms in total. The van der Waals surface area contributed by atoms with Crippen molar-refractivity contribution in [2.45, 2.75) is 0 Å². The minimum Gasteiger partial charge on any atom is -0.868 e. The fourth-order valence-corrected chi connectivity index (χ4v) is 2.60. The number of carbonyl (C=O) groups is 1. The molecule has 25 heavy (non-hydrogen) atoms. The van der Waals surface area contributed by atoms with Gasteiger partial charge in [-0.3, -0.25) is 10.1 Å². The van der Waals surface area contributed by atoms with Crippen LogP contribution in [0.1, 0.15) is 10.4 Å². The van der Waals surface area contributed by atoms with Gasteiger partial charge in [0, 0.05) is 6.07 Å². The normalized spacial score (nSPS) is 10.4. The van der Waals surface area contributed by atoms with E-state index in [-0.39, 0.29) is 5.56 Å². The zero-order chi connectivity index (χ0) is 18.0. The Morgan fingerprint density at radius 2 is 1.48 bits per heavy atom. The van der Waals surface area contributed by atoms with Crippen LogP contribution in [0.4, 0.5) is 5.69 Å². The molecule has 0 aromatic heterocycles. The Bertz CT molecular complexity index is 964. The summed E-state index contributed by atoms with van der Waals surface area (Å²) in [5.74, 6) is -1.65. The van der Waals surface area contributed by atoms with Crippen LogP contribution >= 0.6 is 0 Å². The Morgan fingerprint density at radius 1 is 0.880 bits per heavy atom. The van der Waals surface area contributed by atoms with Crippen LogP contribution in [0.5, 0.6) is 5.75 Å². The smallest absolute Gasteiger partial charge is 0.336 e. The lowest BCUT2D eigenvalue weighted by Gasteiger charge is -2.10. The Kier molecular flexibility index (Phi) is 4.18. The van der Waals surface area contributed by atoms with Crippen molar-refractivity contribution in [2.75, 3.05) is 0 Å². The van der Waals surface area contributed by atoms with E-state index >= 15 is 0 Å². The highest BCUT2D eigenvalue weighted by molar-refractivity contribution is 5.96. The van der Waals surface area contributed by atoms with Gasteiger partial charge in [0.15, 0.2) is 0 Å². The highest BCUT2D eigenvalue weighted by Crippen LogP contribution is 2.31. The molecule has 0 spiro atoms. The number of nitro groups is 1. The molecule has 0 saturated carbocycles. The quantitative estimate of drug-likeness (QED) is 0.579. The summed E-state index contributed by atoms with van der Waals surface area (Å²) in [5.41, 5.74) is 2.27. The second-order valence-corrected chi connectivity index (χ2v) is 5.37. The minimum atomic E-state index is -1.01. The molecule has 0 saturated heterocycles. The molecule has 0 radical (unpaired) electrons. The van der Waals surface area contributed by atoms with E-state index in [1.165, 1.54) is 24.3 Å². The molecule has 6 heteroatoms. The number of carboxylic acid groups (broad SMARTS) is 1. The molecule has 0 aliphatic heterocycles. The first-order valence-electron chi connectivity index (χ1n) is 7.36. The van der Waals surface area contributed by atoms with E-state index in [9.17, 15) is 25.1 Å². The Hall–Kier alpha value is -3.67. The van der Waals surface area contributed by atoms with Gasteiger partial charge in [0.2, 0.25) is 0 Å².